The van der Waals surface area contributed by atoms with Gasteiger partial charge in [0.1, 0.15) is 0 Å². The van der Waals surface area contributed by atoms with Crippen LogP contribution in [0.25, 0.3) is 0 Å². The molecule has 0 radical (unpaired) electrons. The summed E-state index contributed by atoms with van der Waals surface area (Å²) in [4.78, 5) is 9.14. The van der Waals surface area contributed by atoms with Gasteiger partial charge in [-0.3, -0.25) is 4.57 Å². The second kappa shape index (κ2) is 1.69. The van der Waals surface area contributed by atoms with Gasteiger partial charge in [-0.15, -0.1) is 0 Å². The Balaban J connectivity index is 3.48. The third-order valence-electron chi connectivity index (χ3n) is 0.218. The Kier molecular flexibility index (Phi) is 1.71. The van der Waals surface area contributed by atoms with E-state index in [1.807, 2.05) is 0 Å². The molecule has 0 N–H and O–H groups in total. The van der Waals surface area contributed by atoms with Crippen molar-refractivity contribution in [3.63, 3.8) is 0 Å². The van der Waals surface area contributed by atoms with Gasteiger partial charge in [0, 0.05) is 7.11 Å². The molecule has 0 aliphatic rings. The normalized spacial score (nSPS) is 19.8. The highest BCUT2D eigenvalue weighted by Gasteiger charge is 1.95. The summed E-state index contributed by atoms with van der Waals surface area (Å²) in [6.07, 6.45) is 0. The lowest BCUT2D eigenvalue weighted by atomic mass is 11.8. The van der Waals surface area contributed by atoms with Gasteiger partial charge in [-0.05, 0) is 0 Å². The van der Waals surface area contributed by atoms with Crippen molar-refractivity contribution in [1.29, 1.82) is 0 Å². The third-order valence-corrected chi connectivity index (χ3v) is 0.654. The Morgan fingerprint density at radius 1 is 2.00 bits per heavy atom. The van der Waals surface area contributed by atoms with Gasteiger partial charge in [0.25, 0.3) is 0 Å². The summed E-state index contributed by atoms with van der Waals surface area (Å²) in [6, 6.07) is 0. The van der Waals surface area contributed by atoms with Crippen molar-refractivity contribution in [2.24, 2.45) is 0 Å². The largest absolute Gasteiger partial charge is 0.753 e. The van der Waals surface area contributed by atoms with E-state index in [9.17, 15) is 4.20 Å². The first-order chi connectivity index (χ1) is 2.56. The van der Waals surface area contributed by atoms with Crippen LogP contribution in [-0.4, -0.2) is 7.11 Å². The van der Waals surface area contributed by atoms with Crippen molar-refractivity contribution >= 4 is 7.91 Å². The molecule has 1 atom stereocenters. The lowest BCUT2D eigenvalue weighted by Crippen LogP contribution is -1.94. The maximum atomic E-state index is 10.9. The molecule has 0 aromatic rings. The highest BCUT2D eigenvalue weighted by Crippen LogP contribution is 2.36. The maximum Gasteiger partial charge on any atom is 0.307 e. The van der Waals surface area contributed by atoms with Crippen molar-refractivity contribution < 1.29 is 18.2 Å². The van der Waals surface area contributed by atoms with E-state index in [1.165, 1.54) is 0 Å². The molecule has 0 saturated carbocycles. The van der Waals surface area contributed by atoms with Gasteiger partial charge in [-0.1, -0.05) is 0 Å². The Bertz CT molecular complexity index is 74.9. The summed E-state index contributed by atoms with van der Waals surface area (Å²) in [7, 11) is -4.14. The van der Waals surface area contributed by atoms with Crippen molar-refractivity contribution in [2.75, 3.05) is 7.11 Å². The first kappa shape index (κ1) is 6.08. The minimum atomic E-state index is -4.90. The van der Waals surface area contributed by atoms with E-state index >= 15 is 0 Å². The molecule has 0 fully saturated rings. The Hall–Kier alpha value is 0.0800. The summed E-state index contributed by atoms with van der Waals surface area (Å²) in [5.74, 6) is 0. The zero-order valence-corrected chi connectivity index (χ0v) is 3.94. The van der Waals surface area contributed by atoms with E-state index in [1.54, 1.807) is 0 Å². The standard InChI is InChI=1S/CH4FO3P/c1-5-6(2,3)4/h1H3,(H,3,4)/p-1. The number of hydrogen-bond donors (Lipinski definition) is 0. The van der Waals surface area contributed by atoms with Crippen LogP contribution in [0.1, 0.15) is 0 Å². The fourth-order valence-corrected chi connectivity index (χ4v) is 0. The third kappa shape index (κ3) is 4.08. The number of rotatable bonds is 1. The monoisotopic (exact) mass is 113 g/mol. The first-order valence-corrected chi connectivity index (χ1v) is 2.56. The van der Waals surface area contributed by atoms with Crippen molar-refractivity contribution in [3.05, 3.63) is 0 Å². The molecule has 0 spiro atoms. The fourth-order valence-electron chi connectivity index (χ4n) is 0. The minimum Gasteiger partial charge on any atom is -0.753 e. The predicted octanol–water partition coefficient (Wildman–Crippen LogP) is 0.0707. The van der Waals surface area contributed by atoms with Gasteiger partial charge in [0.2, 0.25) is 0 Å². The van der Waals surface area contributed by atoms with Crippen LogP contribution in [-0.2, 0) is 9.09 Å². The molecule has 5 heteroatoms. The molecular weight excluding hydrogens is 110 g/mol. The summed E-state index contributed by atoms with van der Waals surface area (Å²) >= 11 is 0. The molecule has 0 aliphatic heterocycles. The SMILES string of the molecule is COP(=O)([O-])F. The van der Waals surface area contributed by atoms with Gasteiger partial charge in [-0.2, -0.15) is 4.20 Å². The fraction of sp³-hybridized carbons (Fsp3) is 1.00. The zero-order chi connectivity index (χ0) is 5.21. The molecule has 0 rings (SSSR count). The van der Waals surface area contributed by atoms with E-state index in [0.29, 0.717) is 0 Å². The topological polar surface area (TPSA) is 49.4 Å². The lowest BCUT2D eigenvalue weighted by molar-refractivity contribution is -0.209. The maximum absolute atomic E-state index is 10.9. The van der Waals surface area contributed by atoms with Crippen LogP contribution in [0.2, 0.25) is 0 Å². The van der Waals surface area contributed by atoms with Gasteiger partial charge >= 0.3 is 7.91 Å². The highest BCUT2D eigenvalue weighted by molar-refractivity contribution is 7.45. The Morgan fingerprint density at radius 2 is 2.17 bits per heavy atom. The summed E-state index contributed by atoms with van der Waals surface area (Å²) in [5, 5.41) is 0. The summed E-state index contributed by atoms with van der Waals surface area (Å²) in [5.41, 5.74) is 0. The van der Waals surface area contributed by atoms with Crippen molar-refractivity contribution in [2.45, 2.75) is 0 Å². The smallest absolute Gasteiger partial charge is 0.307 e. The molecule has 0 bridgehead atoms. The second-order valence-electron chi connectivity index (χ2n) is 0.613. The molecule has 0 saturated heterocycles. The van der Waals surface area contributed by atoms with Crippen LogP contribution < -0.4 is 4.89 Å². The van der Waals surface area contributed by atoms with Crippen LogP contribution in [0.5, 0.6) is 0 Å². The predicted molar refractivity (Wildman–Crippen MR) is 15.7 cm³/mol. The Labute approximate surface area is 34.4 Å². The lowest BCUT2D eigenvalue weighted by Gasteiger charge is -2.06. The average molecular weight is 113 g/mol. The van der Waals surface area contributed by atoms with Gasteiger partial charge in [0.05, 0.1) is 0 Å². The van der Waals surface area contributed by atoms with Gasteiger partial charge < -0.3 is 9.42 Å². The number of halogens is 1. The zero-order valence-electron chi connectivity index (χ0n) is 3.05. The molecule has 1 unspecified atom stereocenters. The number of hydrogen-bond acceptors (Lipinski definition) is 3. The van der Waals surface area contributed by atoms with Crippen LogP contribution in [0, 0.1) is 0 Å². The van der Waals surface area contributed by atoms with E-state index in [2.05, 4.69) is 4.52 Å². The van der Waals surface area contributed by atoms with Crippen LogP contribution in [0.3, 0.4) is 0 Å². The van der Waals surface area contributed by atoms with Crippen molar-refractivity contribution in [1.82, 2.24) is 0 Å². The van der Waals surface area contributed by atoms with E-state index in [-0.39, 0.29) is 0 Å². The molecule has 0 heterocycles. The highest BCUT2D eigenvalue weighted by atomic mass is 31.2. The molecule has 6 heavy (non-hydrogen) atoms. The van der Waals surface area contributed by atoms with E-state index < -0.39 is 7.91 Å². The van der Waals surface area contributed by atoms with Crippen LogP contribution in [0.15, 0.2) is 0 Å². The molecule has 0 aromatic carbocycles. The average Bonchev–Trinajstić information content (AvgIpc) is 1.35. The van der Waals surface area contributed by atoms with Gasteiger partial charge in [0.15, 0.2) is 0 Å². The molecule has 0 amide bonds. The van der Waals surface area contributed by atoms with E-state index in [4.69, 9.17) is 9.46 Å². The molecule has 38 valence electrons. The summed E-state index contributed by atoms with van der Waals surface area (Å²) < 4.78 is 23.3. The molecule has 0 aromatic heterocycles. The van der Waals surface area contributed by atoms with Crippen LogP contribution >= 0.6 is 7.91 Å². The minimum absolute atomic E-state index is 0.758. The van der Waals surface area contributed by atoms with Crippen LogP contribution in [0.4, 0.5) is 4.20 Å². The first-order valence-electron chi connectivity index (χ1n) is 1.13. The van der Waals surface area contributed by atoms with Gasteiger partial charge in [-0.25, -0.2) is 0 Å². The molecule has 0 aliphatic carbocycles. The van der Waals surface area contributed by atoms with Crippen molar-refractivity contribution in [3.8, 4) is 0 Å². The molecule has 3 nitrogen and oxygen atoms in total. The second-order valence-corrected chi connectivity index (χ2v) is 1.84. The quantitative estimate of drug-likeness (QED) is 0.452. The summed E-state index contributed by atoms with van der Waals surface area (Å²) in [6.45, 7) is 0. The van der Waals surface area contributed by atoms with E-state index in [0.717, 1.165) is 7.11 Å². The Morgan fingerprint density at radius 3 is 2.17 bits per heavy atom. The molecular formula is CH3FO3P-.